The Kier molecular flexibility index (Phi) is 5.41. The first kappa shape index (κ1) is 21.7. The van der Waals surface area contributed by atoms with Crippen LogP contribution in [0.5, 0.6) is 0 Å². The van der Waals surface area contributed by atoms with Gasteiger partial charge in [0.2, 0.25) is 5.82 Å². The Morgan fingerprint density at radius 2 is 1.83 bits per heavy atom. The smallest absolute Gasteiger partial charge is 0.306 e. The van der Waals surface area contributed by atoms with Crippen molar-refractivity contribution in [3.8, 4) is 34.0 Å². The zero-order valence-electron chi connectivity index (χ0n) is 19.4. The average molecular weight is 467 g/mol. The lowest BCUT2D eigenvalue weighted by molar-refractivity contribution is -0.145. The summed E-state index contributed by atoms with van der Waals surface area (Å²) in [6.45, 7) is 2.08. The molecule has 2 heterocycles. The molecule has 0 bridgehead atoms. The Hall–Kier alpha value is -3.84. The van der Waals surface area contributed by atoms with E-state index in [9.17, 15) is 4.79 Å². The van der Waals surface area contributed by atoms with Gasteiger partial charge in [-0.1, -0.05) is 23.4 Å². The van der Waals surface area contributed by atoms with Crippen LogP contribution in [0, 0.1) is 12.8 Å². The predicted molar refractivity (Wildman–Crippen MR) is 131 cm³/mol. The van der Waals surface area contributed by atoms with Crippen LogP contribution in [0.15, 0.2) is 65.4 Å². The molecule has 1 unspecified atom stereocenters. The van der Waals surface area contributed by atoms with Gasteiger partial charge in [0.25, 0.3) is 5.89 Å². The lowest BCUT2D eigenvalue weighted by atomic mass is 9.80. The van der Waals surface area contributed by atoms with Gasteiger partial charge in [0.15, 0.2) is 0 Å². The predicted octanol–water partition coefficient (Wildman–Crippen LogP) is 5.21. The third-order valence-electron chi connectivity index (χ3n) is 7.29. The molecule has 1 saturated carbocycles. The van der Waals surface area contributed by atoms with Gasteiger partial charge in [-0.15, -0.1) is 0 Å². The van der Waals surface area contributed by atoms with Crippen molar-refractivity contribution in [3.05, 3.63) is 77.6 Å². The van der Waals surface area contributed by atoms with Crippen molar-refractivity contribution in [1.29, 1.82) is 0 Å². The Labute approximate surface area is 203 Å². The van der Waals surface area contributed by atoms with Gasteiger partial charge in [-0.25, -0.2) is 0 Å². The zero-order valence-corrected chi connectivity index (χ0v) is 19.4. The van der Waals surface area contributed by atoms with Crippen LogP contribution >= 0.6 is 0 Å². The molecule has 0 spiro atoms. The van der Waals surface area contributed by atoms with Crippen LogP contribution in [0.1, 0.15) is 42.0 Å². The highest BCUT2D eigenvalue weighted by Gasteiger charge is 2.36. The molecule has 7 heteroatoms. The molecule has 35 heavy (non-hydrogen) atoms. The van der Waals surface area contributed by atoms with E-state index in [4.69, 9.17) is 9.63 Å². The maximum Gasteiger partial charge on any atom is 0.306 e. The highest BCUT2D eigenvalue weighted by atomic mass is 16.5. The molecule has 176 valence electrons. The van der Waals surface area contributed by atoms with E-state index < -0.39 is 5.97 Å². The topological polar surface area (TPSA) is 101 Å². The Morgan fingerprint density at radius 1 is 1.03 bits per heavy atom. The van der Waals surface area contributed by atoms with Crippen LogP contribution in [0.2, 0.25) is 0 Å². The summed E-state index contributed by atoms with van der Waals surface area (Å²) in [4.78, 5) is 19.8. The first-order chi connectivity index (χ1) is 17.0. The molecule has 1 atom stereocenters. The number of hydrogen-bond acceptors (Lipinski definition) is 6. The fourth-order valence-corrected chi connectivity index (χ4v) is 5.28. The number of nitrogens with one attached hydrogen (secondary N) is 1. The van der Waals surface area contributed by atoms with Crippen LogP contribution in [0.3, 0.4) is 0 Å². The Balaban J connectivity index is 1.18. The number of aromatic nitrogens is 3. The molecule has 2 aliphatic rings. The zero-order chi connectivity index (χ0) is 23.9. The molecule has 6 rings (SSSR count). The molecule has 0 radical (unpaired) electrons. The third-order valence-corrected chi connectivity index (χ3v) is 7.29. The number of pyridine rings is 1. The number of carbonyl (C=O) groups is 1. The molecule has 2 aromatic carbocycles. The number of hydrogen-bond donors (Lipinski definition) is 2. The Morgan fingerprint density at radius 3 is 2.60 bits per heavy atom. The van der Waals surface area contributed by atoms with E-state index in [-0.39, 0.29) is 12.0 Å². The quantitative estimate of drug-likeness (QED) is 0.402. The second kappa shape index (κ2) is 8.74. The van der Waals surface area contributed by atoms with E-state index in [0.717, 1.165) is 40.7 Å². The van der Waals surface area contributed by atoms with Gasteiger partial charge in [-0.05, 0) is 90.8 Å². The number of benzene rings is 2. The number of aliphatic carboxylic acids is 1. The molecule has 0 amide bonds. The van der Waals surface area contributed by atoms with E-state index in [1.807, 2.05) is 24.3 Å². The molecule has 2 aromatic heterocycles. The number of aryl methyl sites for hydroxylation is 2. The minimum Gasteiger partial charge on any atom is -0.481 e. The average Bonchev–Trinajstić information content (AvgIpc) is 3.48. The van der Waals surface area contributed by atoms with E-state index in [1.54, 1.807) is 12.4 Å². The first-order valence-electron chi connectivity index (χ1n) is 12.0. The second-order valence-electron chi connectivity index (χ2n) is 9.56. The van der Waals surface area contributed by atoms with Gasteiger partial charge < -0.3 is 14.9 Å². The minimum absolute atomic E-state index is 0.196. The van der Waals surface area contributed by atoms with Crippen molar-refractivity contribution in [2.75, 3.05) is 0 Å². The maximum atomic E-state index is 11.1. The lowest BCUT2D eigenvalue weighted by Crippen LogP contribution is -2.45. The first-order valence-corrected chi connectivity index (χ1v) is 12.0. The van der Waals surface area contributed by atoms with E-state index in [1.165, 1.54) is 11.1 Å². The number of carboxylic acid groups (broad SMARTS) is 1. The fraction of sp³-hybridized carbons (Fsp3) is 0.286. The van der Waals surface area contributed by atoms with Crippen molar-refractivity contribution in [1.82, 2.24) is 20.4 Å². The number of rotatable bonds is 6. The van der Waals surface area contributed by atoms with Crippen molar-refractivity contribution < 1.29 is 14.4 Å². The summed E-state index contributed by atoms with van der Waals surface area (Å²) in [5.41, 5.74) is 7.82. The molecule has 2 N–H and O–H groups in total. The van der Waals surface area contributed by atoms with Gasteiger partial charge >= 0.3 is 5.97 Å². The van der Waals surface area contributed by atoms with Crippen LogP contribution < -0.4 is 5.32 Å². The maximum absolute atomic E-state index is 11.1. The monoisotopic (exact) mass is 466 g/mol. The number of nitrogens with zero attached hydrogens (tertiary/aromatic N) is 3. The van der Waals surface area contributed by atoms with Crippen molar-refractivity contribution in [2.45, 2.75) is 44.7 Å². The summed E-state index contributed by atoms with van der Waals surface area (Å²) in [5.74, 6) is 0.207. The van der Waals surface area contributed by atoms with Gasteiger partial charge in [0.05, 0.1) is 5.92 Å². The lowest BCUT2D eigenvalue weighted by Gasteiger charge is -2.35. The molecule has 0 saturated heterocycles. The normalized spacial score (nSPS) is 20.9. The summed E-state index contributed by atoms with van der Waals surface area (Å²) >= 11 is 0. The SMILES string of the molecule is Cc1cc(-c2nc(-c3ccc4c(c3)CCC4NC3CC(C(=O)O)C3)no2)ccc1-c1ccncc1. The van der Waals surface area contributed by atoms with E-state index >= 15 is 0 Å². The van der Waals surface area contributed by atoms with Gasteiger partial charge in [0, 0.05) is 35.6 Å². The van der Waals surface area contributed by atoms with Crippen molar-refractivity contribution in [3.63, 3.8) is 0 Å². The summed E-state index contributed by atoms with van der Waals surface area (Å²) in [6, 6.07) is 17.1. The summed E-state index contributed by atoms with van der Waals surface area (Å²) in [7, 11) is 0. The van der Waals surface area contributed by atoms with Gasteiger partial charge in [-0.2, -0.15) is 4.98 Å². The second-order valence-corrected chi connectivity index (χ2v) is 9.56. The van der Waals surface area contributed by atoms with Crippen LogP contribution in [-0.2, 0) is 11.2 Å². The van der Waals surface area contributed by atoms with Gasteiger partial charge in [-0.3, -0.25) is 9.78 Å². The Bertz CT molecular complexity index is 1390. The molecule has 1 fully saturated rings. The number of carboxylic acids is 1. The summed E-state index contributed by atoms with van der Waals surface area (Å²) in [5, 5.41) is 17.0. The van der Waals surface area contributed by atoms with Gasteiger partial charge in [0.1, 0.15) is 0 Å². The number of fused-ring (bicyclic) bond motifs is 1. The van der Waals surface area contributed by atoms with Crippen LogP contribution in [0.25, 0.3) is 34.0 Å². The summed E-state index contributed by atoms with van der Waals surface area (Å²) < 4.78 is 5.62. The van der Waals surface area contributed by atoms with Crippen molar-refractivity contribution in [2.24, 2.45) is 5.92 Å². The molecule has 0 aliphatic heterocycles. The molecule has 4 aromatic rings. The molecule has 2 aliphatic carbocycles. The molecule has 7 nitrogen and oxygen atoms in total. The van der Waals surface area contributed by atoms with Crippen molar-refractivity contribution >= 4 is 5.97 Å². The standard InChI is InChI=1S/C28H26N4O3/c1-16-12-20(3-5-23(16)17-8-10-29-11-9-17)27-31-26(32-35-27)19-2-6-24-18(13-19)4-7-25(24)30-22-14-21(15-22)28(33)34/h2-3,5-6,8-13,21-22,25,30H,4,7,14-15H2,1H3,(H,33,34). The van der Waals surface area contributed by atoms with Crippen LogP contribution in [0.4, 0.5) is 0 Å². The fourth-order valence-electron chi connectivity index (χ4n) is 5.28. The highest BCUT2D eigenvalue weighted by Crippen LogP contribution is 2.37. The van der Waals surface area contributed by atoms with E-state index in [2.05, 4.69) is 51.6 Å². The highest BCUT2D eigenvalue weighted by molar-refractivity contribution is 5.72. The minimum atomic E-state index is -0.682. The largest absolute Gasteiger partial charge is 0.481 e. The van der Waals surface area contributed by atoms with E-state index in [0.29, 0.717) is 30.6 Å². The summed E-state index contributed by atoms with van der Waals surface area (Å²) in [6.07, 6.45) is 7.03. The van der Waals surface area contributed by atoms with Crippen LogP contribution in [-0.4, -0.2) is 32.2 Å². The third kappa shape index (κ3) is 4.12. The molecular weight excluding hydrogens is 440 g/mol. The molecular formula is C28H26N4O3.